The second-order valence-corrected chi connectivity index (χ2v) is 6.75. The van der Waals surface area contributed by atoms with Crippen LogP contribution in [0.4, 0.5) is 0 Å². The minimum absolute atomic E-state index is 0.405. The lowest BCUT2D eigenvalue weighted by molar-refractivity contribution is 0.0381. The van der Waals surface area contributed by atoms with Crippen LogP contribution in [-0.4, -0.2) is 42.5 Å². The van der Waals surface area contributed by atoms with E-state index >= 15 is 0 Å². The smallest absolute Gasteiger partial charge is 0.0897 e. The van der Waals surface area contributed by atoms with Crippen LogP contribution in [0.2, 0.25) is 0 Å². The molecule has 0 radical (unpaired) electrons. The van der Waals surface area contributed by atoms with Crippen LogP contribution < -0.4 is 5.32 Å². The Morgan fingerprint density at radius 2 is 2.30 bits per heavy atom. The van der Waals surface area contributed by atoms with E-state index in [0.717, 1.165) is 30.5 Å². The maximum atomic E-state index is 9.83. The molecule has 1 aliphatic rings. The third-order valence-corrected chi connectivity index (χ3v) is 4.90. The summed E-state index contributed by atoms with van der Waals surface area (Å²) in [7, 11) is 0. The summed E-state index contributed by atoms with van der Waals surface area (Å²) in [6.45, 7) is 6.98. The van der Waals surface area contributed by atoms with Gasteiger partial charge in [-0.15, -0.1) is 11.3 Å². The van der Waals surface area contributed by atoms with E-state index in [9.17, 15) is 5.11 Å². The van der Waals surface area contributed by atoms with Crippen molar-refractivity contribution in [2.75, 3.05) is 26.3 Å². The van der Waals surface area contributed by atoms with E-state index in [0.29, 0.717) is 19.8 Å². The summed E-state index contributed by atoms with van der Waals surface area (Å²) in [6, 6.07) is 0. The fourth-order valence-electron chi connectivity index (χ4n) is 2.32. The Balaban J connectivity index is 1.47. The van der Waals surface area contributed by atoms with Crippen LogP contribution in [0.25, 0.3) is 0 Å². The van der Waals surface area contributed by atoms with Crippen LogP contribution in [0.1, 0.15) is 30.3 Å². The Morgan fingerprint density at radius 1 is 1.50 bits per heavy atom. The third-order valence-electron chi connectivity index (χ3n) is 3.90. The van der Waals surface area contributed by atoms with Crippen molar-refractivity contribution >= 4 is 11.3 Å². The average molecular weight is 298 g/mol. The largest absolute Gasteiger partial charge is 0.389 e. The molecule has 0 spiro atoms. The molecule has 2 rings (SSSR count). The van der Waals surface area contributed by atoms with Crippen molar-refractivity contribution in [2.45, 2.75) is 39.2 Å². The van der Waals surface area contributed by atoms with E-state index in [1.165, 1.54) is 17.7 Å². The Bertz CT molecular complexity index is 393. The monoisotopic (exact) mass is 298 g/mol. The molecule has 1 heterocycles. The van der Waals surface area contributed by atoms with Crippen LogP contribution in [0, 0.1) is 18.8 Å². The number of aryl methyl sites for hydroxylation is 1. The van der Waals surface area contributed by atoms with E-state index in [1.807, 2.05) is 12.4 Å². The number of nitrogens with zero attached hydrogens (tertiary/aromatic N) is 1. The number of hydrogen-bond donors (Lipinski definition) is 2. The van der Waals surface area contributed by atoms with Gasteiger partial charge in [-0.25, -0.2) is 4.98 Å². The molecule has 0 aromatic carbocycles. The summed E-state index contributed by atoms with van der Waals surface area (Å²) in [5.74, 6) is 1.65. The van der Waals surface area contributed by atoms with Crippen molar-refractivity contribution < 1.29 is 9.84 Å². The molecule has 1 aromatic rings. The summed E-state index contributed by atoms with van der Waals surface area (Å²) in [5.41, 5.74) is 2.96. The van der Waals surface area contributed by atoms with Gasteiger partial charge in [0, 0.05) is 17.8 Å². The van der Waals surface area contributed by atoms with Crippen molar-refractivity contribution in [3.8, 4) is 0 Å². The molecule has 1 saturated carbocycles. The zero-order chi connectivity index (χ0) is 14.4. The second kappa shape index (κ2) is 8.08. The zero-order valence-electron chi connectivity index (χ0n) is 12.5. The number of aromatic nitrogens is 1. The van der Waals surface area contributed by atoms with E-state index < -0.39 is 6.10 Å². The summed E-state index contributed by atoms with van der Waals surface area (Å²) in [5, 5.41) is 13.2. The van der Waals surface area contributed by atoms with E-state index in [2.05, 4.69) is 17.2 Å². The molecule has 5 heteroatoms. The zero-order valence-corrected chi connectivity index (χ0v) is 13.3. The van der Waals surface area contributed by atoms with Crippen LogP contribution in [0.15, 0.2) is 5.51 Å². The summed E-state index contributed by atoms with van der Waals surface area (Å²) < 4.78 is 5.53. The maximum Gasteiger partial charge on any atom is 0.0897 e. The number of ether oxygens (including phenoxy) is 1. The van der Waals surface area contributed by atoms with Gasteiger partial charge in [0.2, 0.25) is 0 Å². The predicted octanol–water partition coefficient (Wildman–Crippen LogP) is 2.01. The lowest BCUT2D eigenvalue weighted by atomic mass is 10.1. The summed E-state index contributed by atoms with van der Waals surface area (Å²) >= 11 is 1.67. The minimum atomic E-state index is -0.413. The van der Waals surface area contributed by atoms with Gasteiger partial charge in [-0.1, -0.05) is 6.92 Å². The van der Waals surface area contributed by atoms with Gasteiger partial charge in [-0.05, 0) is 38.1 Å². The normalized spacial score (nSPS) is 18.1. The lowest BCUT2D eigenvalue weighted by Gasteiger charge is -2.15. The number of rotatable bonds is 10. The van der Waals surface area contributed by atoms with Crippen molar-refractivity contribution in [1.29, 1.82) is 0 Å². The second-order valence-electron chi connectivity index (χ2n) is 5.81. The molecule has 2 N–H and O–H groups in total. The molecule has 1 aromatic heterocycles. The van der Waals surface area contributed by atoms with Gasteiger partial charge in [-0.3, -0.25) is 0 Å². The molecule has 1 aliphatic carbocycles. The first-order valence-corrected chi connectivity index (χ1v) is 8.40. The van der Waals surface area contributed by atoms with Gasteiger partial charge in [0.15, 0.2) is 0 Å². The molecular formula is C15H26N2O2S. The van der Waals surface area contributed by atoms with Gasteiger partial charge in [0.25, 0.3) is 0 Å². The lowest BCUT2D eigenvalue weighted by Crippen LogP contribution is -2.33. The van der Waals surface area contributed by atoms with Gasteiger partial charge in [0.05, 0.1) is 30.5 Å². The third kappa shape index (κ3) is 5.48. The predicted molar refractivity (Wildman–Crippen MR) is 82.1 cm³/mol. The molecule has 0 aliphatic heterocycles. The molecule has 0 saturated heterocycles. The molecule has 4 nitrogen and oxygen atoms in total. The van der Waals surface area contributed by atoms with Gasteiger partial charge in [0.1, 0.15) is 0 Å². The summed E-state index contributed by atoms with van der Waals surface area (Å²) in [4.78, 5) is 5.48. The highest BCUT2D eigenvalue weighted by Gasteiger charge is 2.27. The number of hydrogen-bond acceptors (Lipinski definition) is 5. The van der Waals surface area contributed by atoms with E-state index in [1.54, 1.807) is 11.3 Å². The highest BCUT2D eigenvalue weighted by Crippen LogP contribution is 2.35. The van der Waals surface area contributed by atoms with Crippen LogP contribution in [0.5, 0.6) is 0 Å². The maximum absolute atomic E-state index is 9.83. The first kappa shape index (κ1) is 15.9. The number of thiazole rings is 1. The minimum Gasteiger partial charge on any atom is -0.389 e. The van der Waals surface area contributed by atoms with Crippen molar-refractivity contribution in [1.82, 2.24) is 10.3 Å². The molecule has 0 bridgehead atoms. The Labute approximate surface area is 125 Å². The molecular weight excluding hydrogens is 272 g/mol. The number of aliphatic hydroxyl groups is 1. The highest BCUT2D eigenvalue weighted by atomic mass is 32.1. The van der Waals surface area contributed by atoms with Crippen molar-refractivity contribution in [2.24, 2.45) is 11.8 Å². The summed E-state index contributed by atoms with van der Waals surface area (Å²) in [6.07, 6.45) is 3.23. The molecule has 2 unspecified atom stereocenters. The highest BCUT2D eigenvalue weighted by molar-refractivity contribution is 7.09. The van der Waals surface area contributed by atoms with Gasteiger partial charge in [-0.2, -0.15) is 0 Å². The van der Waals surface area contributed by atoms with Crippen LogP contribution >= 0.6 is 11.3 Å². The average Bonchev–Trinajstić information content (AvgIpc) is 3.19. The number of nitrogens with one attached hydrogen (secondary N) is 1. The van der Waals surface area contributed by atoms with Crippen LogP contribution in [0.3, 0.4) is 0 Å². The fraction of sp³-hybridized carbons (Fsp3) is 0.800. The quantitative estimate of drug-likeness (QED) is 0.649. The van der Waals surface area contributed by atoms with Crippen molar-refractivity contribution in [3.05, 3.63) is 16.1 Å². The topological polar surface area (TPSA) is 54.4 Å². The first-order chi connectivity index (χ1) is 9.66. The van der Waals surface area contributed by atoms with Gasteiger partial charge < -0.3 is 15.2 Å². The molecule has 114 valence electrons. The molecule has 1 fully saturated rings. The van der Waals surface area contributed by atoms with Crippen molar-refractivity contribution in [3.63, 3.8) is 0 Å². The Hall–Kier alpha value is -0.490. The molecule has 0 amide bonds. The molecule has 2 atom stereocenters. The Kier molecular flexibility index (Phi) is 6.42. The fourth-order valence-corrected chi connectivity index (χ4v) is 3.08. The van der Waals surface area contributed by atoms with Gasteiger partial charge >= 0.3 is 0 Å². The molecule has 20 heavy (non-hydrogen) atoms. The van der Waals surface area contributed by atoms with E-state index in [-0.39, 0.29) is 0 Å². The Morgan fingerprint density at radius 3 is 2.95 bits per heavy atom. The van der Waals surface area contributed by atoms with Crippen LogP contribution in [-0.2, 0) is 11.2 Å². The number of aliphatic hydroxyl groups excluding tert-OH is 1. The first-order valence-electron chi connectivity index (χ1n) is 7.52. The van der Waals surface area contributed by atoms with E-state index in [4.69, 9.17) is 4.74 Å². The standard InChI is InChI=1S/C15H26N2O2S/c1-11(13-3-4-13)7-16-8-14(18)9-19-6-5-15-12(2)17-10-20-15/h10-11,13-14,16,18H,3-9H2,1-2H3. The SMILES string of the molecule is Cc1ncsc1CCOCC(O)CNCC(C)C1CC1.